The van der Waals surface area contributed by atoms with E-state index in [2.05, 4.69) is 17.2 Å². The number of hydrogen-bond donors (Lipinski definition) is 1. The molecule has 1 N–H and O–H groups in total. The second kappa shape index (κ2) is 12.0. The largest absolute Gasteiger partial charge is 0.497 e. The molecule has 1 heterocycles. The fraction of sp³-hybridized carbons (Fsp3) is 0.476. The molecule has 1 aromatic carbocycles. The van der Waals surface area contributed by atoms with E-state index in [4.69, 9.17) is 14.2 Å². The Balaban J connectivity index is 2.13. The number of unbranched alkanes of at least 4 members (excludes halogenated alkanes) is 2. The fourth-order valence-corrected chi connectivity index (χ4v) is 3.52. The van der Waals surface area contributed by atoms with E-state index in [0.29, 0.717) is 41.9 Å². The number of methoxy groups -OCH3 is 2. The highest BCUT2D eigenvalue weighted by Crippen LogP contribution is 2.29. The van der Waals surface area contributed by atoms with Crippen LogP contribution in [0.2, 0.25) is 0 Å². The number of rotatable bonds is 11. The van der Waals surface area contributed by atoms with Crippen molar-refractivity contribution in [2.45, 2.75) is 39.7 Å². The van der Waals surface area contributed by atoms with Crippen LogP contribution in [0.3, 0.4) is 0 Å². The topological polar surface area (TPSA) is 90.0 Å². The lowest BCUT2D eigenvalue weighted by molar-refractivity contribution is 0.0520. The van der Waals surface area contributed by atoms with Gasteiger partial charge >= 0.3 is 12.0 Å². The number of ether oxygens (including phenoxy) is 3. The minimum Gasteiger partial charge on any atom is -0.497 e. The SMILES string of the molecule is CCCCCN(Cc1nc(C(=O)OCC)cs1)C(=O)Nc1ccc(OC)cc1OC. The summed E-state index contributed by atoms with van der Waals surface area (Å²) in [6.07, 6.45) is 2.94. The number of urea groups is 1. The summed E-state index contributed by atoms with van der Waals surface area (Å²) < 4.78 is 15.5. The van der Waals surface area contributed by atoms with Crippen LogP contribution in [0.25, 0.3) is 0 Å². The molecule has 0 spiro atoms. The van der Waals surface area contributed by atoms with Gasteiger partial charge in [-0.2, -0.15) is 0 Å². The number of nitrogens with one attached hydrogen (secondary N) is 1. The van der Waals surface area contributed by atoms with Crippen molar-refractivity contribution in [1.29, 1.82) is 0 Å². The van der Waals surface area contributed by atoms with Gasteiger partial charge in [-0.25, -0.2) is 14.6 Å². The molecular weight excluding hydrogens is 406 g/mol. The number of thiazole rings is 1. The van der Waals surface area contributed by atoms with Crippen LogP contribution in [-0.2, 0) is 11.3 Å². The summed E-state index contributed by atoms with van der Waals surface area (Å²) >= 11 is 1.33. The molecule has 2 amide bonds. The second-order valence-electron chi connectivity index (χ2n) is 6.47. The van der Waals surface area contributed by atoms with Gasteiger partial charge < -0.3 is 24.4 Å². The van der Waals surface area contributed by atoms with Gasteiger partial charge in [0.25, 0.3) is 0 Å². The molecule has 0 aliphatic carbocycles. The van der Waals surface area contributed by atoms with Crippen molar-refractivity contribution in [3.05, 3.63) is 34.3 Å². The van der Waals surface area contributed by atoms with Gasteiger partial charge in [0, 0.05) is 18.0 Å². The summed E-state index contributed by atoms with van der Waals surface area (Å²) in [7, 11) is 3.11. The summed E-state index contributed by atoms with van der Waals surface area (Å²) in [5, 5.41) is 5.23. The molecule has 164 valence electrons. The van der Waals surface area contributed by atoms with E-state index in [0.717, 1.165) is 19.3 Å². The summed E-state index contributed by atoms with van der Waals surface area (Å²) in [6.45, 7) is 5.03. The average molecular weight is 436 g/mol. The van der Waals surface area contributed by atoms with Crippen molar-refractivity contribution < 1.29 is 23.8 Å². The van der Waals surface area contributed by atoms with E-state index >= 15 is 0 Å². The molecule has 2 rings (SSSR count). The quantitative estimate of drug-likeness (QED) is 0.411. The van der Waals surface area contributed by atoms with Crippen LogP contribution in [-0.4, -0.2) is 49.3 Å². The van der Waals surface area contributed by atoms with E-state index in [1.54, 1.807) is 42.5 Å². The van der Waals surface area contributed by atoms with Gasteiger partial charge in [0.05, 0.1) is 33.1 Å². The van der Waals surface area contributed by atoms with Crippen LogP contribution in [0.4, 0.5) is 10.5 Å². The van der Waals surface area contributed by atoms with Gasteiger partial charge in [-0.1, -0.05) is 19.8 Å². The molecule has 0 aliphatic rings. The van der Waals surface area contributed by atoms with Crippen LogP contribution in [0.1, 0.15) is 48.6 Å². The lowest BCUT2D eigenvalue weighted by Gasteiger charge is -2.23. The number of carbonyl (C=O) groups is 2. The van der Waals surface area contributed by atoms with Crippen LogP contribution >= 0.6 is 11.3 Å². The first-order valence-corrected chi connectivity index (χ1v) is 10.8. The molecule has 0 atom stereocenters. The maximum absolute atomic E-state index is 13.0. The summed E-state index contributed by atoms with van der Waals surface area (Å²) in [5.74, 6) is 0.693. The van der Waals surface area contributed by atoms with Gasteiger partial charge in [-0.3, -0.25) is 0 Å². The zero-order valence-corrected chi connectivity index (χ0v) is 18.7. The zero-order chi connectivity index (χ0) is 21.9. The number of esters is 1. The van der Waals surface area contributed by atoms with Crippen molar-refractivity contribution in [1.82, 2.24) is 9.88 Å². The highest BCUT2D eigenvalue weighted by Gasteiger charge is 2.19. The first-order valence-electron chi connectivity index (χ1n) is 9.91. The molecule has 30 heavy (non-hydrogen) atoms. The smallest absolute Gasteiger partial charge is 0.357 e. The van der Waals surface area contributed by atoms with E-state index in [1.165, 1.54) is 18.4 Å². The maximum Gasteiger partial charge on any atom is 0.357 e. The van der Waals surface area contributed by atoms with Crippen LogP contribution < -0.4 is 14.8 Å². The highest BCUT2D eigenvalue weighted by atomic mass is 32.1. The summed E-state index contributed by atoms with van der Waals surface area (Å²) in [4.78, 5) is 30.9. The summed E-state index contributed by atoms with van der Waals surface area (Å²) in [5.41, 5.74) is 0.817. The number of aromatic nitrogens is 1. The number of hydrogen-bond acceptors (Lipinski definition) is 7. The van der Waals surface area contributed by atoms with Crippen LogP contribution in [0.5, 0.6) is 11.5 Å². The predicted octanol–water partition coefficient (Wildman–Crippen LogP) is 4.56. The van der Waals surface area contributed by atoms with Crippen molar-refractivity contribution >= 4 is 29.0 Å². The van der Waals surface area contributed by atoms with Crippen LogP contribution in [0, 0.1) is 0 Å². The normalized spacial score (nSPS) is 10.4. The monoisotopic (exact) mass is 435 g/mol. The van der Waals surface area contributed by atoms with Crippen molar-refractivity contribution in [2.75, 3.05) is 32.7 Å². The minimum atomic E-state index is -0.454. The van der Waals surface area contributed by atoms with Crippen molar-refractivity contribution in [2.24, 2.45) is 0 Å². The van der Waals surface area contributed by atoms with Gasteiger partial charge in [-0.05, 0) is 25.5 Å². The molecular formula is C21H29N3O5S. The van der Waals surface area contributed by atoms with Gasteiger partial charge in [0.15, 0.2) is 5.69 Å². The molecule has 0 aliphatic heterocycles. The standard InChI is InChI=1S/C21H29N3O5S/c1-5-7-8-11-24(13-19-22-17(14-30-19)20(25)29-6-2)21(26)23-16-10-9-15(27-3)12-18(16)28-4/h9-10,12,14H,5-8,11,13H2,1-4H3,(H,23,26). The first-order chi connectivity index (χ1) is 14.5. The number of benzene rings is 1. The Bertz CT molecular complexity index is 840. The predicted molar refractivity (Wildman–Crippen MR) is 117 cm³/mol. The van der Waals surface area contributed by atoms with E-state index in [1.807, 2.05) is 0 Å². The second-order valence-corrected chi connectivity index (χ2v) is 7.41. The Morgan fingerprint density at radius 2 is 1.97 bits per heavy atom. The van der Waals surface area contributed by atoms with Gasteiger partial charge in [0.2, 0.25) is 0 Å². The van der Waals surface area contributed by atoms with E-state index in [9.17, 15) is 9.59 Å². The Hall–Kier alpha value is -2.81. The molecule has 9 heteroatoms. The number of amides is 2. The molecule has 1 aromatic heterocycles. The maximum atomic E-state index is 13.0. The Morgan fingerprint density at radius 1 is 1.17 bits per heavy atom. The molecule has 8 nitrogen and oxygen atoms in total. The molecule has 0 fully saturated rings. The Labute approximate surface area is 181 Å². The molecule has 0 saturated heterocycles. The Kier molecular flexibility index (Phi) is 9.40. The number of carbonyl (C=O) groups excluding carboxylic acids is 2. The van der Waals surface area contributed by atoms with Crippen molar-refractivity contribution in [3.8, 4) is 11.5 Å². The van der Waals surface area contributed by atoms with Gasteiger partial charge in [-0.15, -0.1) is 11.3 Å². The number of anilines is 1. The molecule has 0 radical (unpaired) electrons. The third-order valence-electron chi connectivity index (χ3n) is 4.33. The number of nitrogens with zero attached hydrogens (tertiary/aromatic N) is 2. The van der Waals surface area contributed by atoms with Crippen LogP contribution in [0.15, 0.2) is 23.6 Å². The average Bonchev–Trinajstić information content (AvgIpc) is 3.22. The highest BCUT2D eigenvalue weighted by molar-refractivity contribution is 7.09. The van der Waals surface area contributed by atoms with E-state index in [-0.39, 0.29) is 11.7 Å². The zero-order valence-electron chi connectivity index (χ0n) is 17.9. The van der Waals surface area contributed by atoms with E-state index < -0.39 is 5.97 Å². The lowest BCUT2D eigenvalue weighted by atomic mass is 10.2. The third kappa shape index (κ3) is 6.62. The summed E-state index contributed by atoms with van der Waals surface area (Å²) in [6, 6.07) is 4.94. The molecule has 2 aromatic rings. The molecule has 0 saturated carbocycles. The van der Waals surface area contributed by atoms with Crippen molar-refractivity contribution in [3.63, 3.8) is 0 Å². The molecule has 0 unspecified atom stereocenters. The lowest BCUT2D eigenvalue weighted by Crippen LogP contribution is -2.35. The molecule has 0 bridgehead atoms. The Morgan fingerprint density at radius 3 is 2.63 bits per heavy atom. The minimum absolute atomic E-state index is 0.262. The first kappa shape index (κ1) is 23.5. The fourth-order valence-electron chi connectivity index (χ4n) is 2.75. The third-order valence-corrected chi connectivity index (χ3v) is 5.17. The van der Waals surface area contributed by atoms with Gasteiger partial charge in [0.1, 0.15) is 16.5 Å².